The number of rotatable bonds is 3. The van der Waals surface area contributed by atoms with Gasteiger partial charge in [0.05, 0.1) is 16.0 Å². The molecule has 3 rings (SSSR count). The molecule has 2 heterocycles. The lowest BCUT2D eigenvalue weighted by Gasteiger charge is -2.19. The normalized spacial score (nSPS) is 18.6. The van der Waals surface area contributed by atoms with Crippen molar-refractivity contribution in [3.8, 4) is 0 Å². The first kappa shape index (κ1) is 12.8. The fraction of sp³-hybridized carbons (Fsp3) is 0.357. The van der Waals surface area contributed by atoms with Gasteiger partial charge in [0.1, 0.15) is 5.52 Å². The maximum Gasteiger partial charge on any atom is 0.278 e. The van der Waals surface area contributed by atoms with Crippen molar-refractivity contribution >= 4 is 22.3 Å². The average molecular weight is 272 g/mol. The van der Waals surface area contributed by atoms with Crippen LogP contribution in [0, 0.1) is 16.0 Å². The second-order valence-corrected chi connectivity index (χ2v) is 5.10. The van der Waals surface area contributed by atoms with E-state index in [2.05, 4.69) is 9.88 Å². The standard InChI is InChI=1S/C14H16N4O2/c15-8-10-5-7-17(9-10)13-4-3-12(18(19)20)11-2-1-6-16-14(11)13/h1-4,6,10H,5,7-9,15H2. The van der Waals surface area contributed by atoms with E-state index in [1.54, 1.807) is 30.5 Å². The molecule has 2 N–H and O–H groups in total. The Morgan fingerprint density at radius 1 is 1.45 bits per heavy atom. The summed E-state index contributed by atoms with van der Waals surface area (Å²) in [6.07, 6.45) is 2.73. The third-order valence-electron chi connectivity index (χ3n) is 3.88. The number of nitrogens with two attached hydrogens (primary N) is 1. The van der Waals surface area contributed by atoms with Crippen molar-refractivity contribution < 1.29 is 4.92 Å². The van der Waals surface area contributed by atoms with Gasteiger partial charge in [0.15, 0.2) is 0 Å². The summed E-state index contributed by atoms with van der Waals surface area (Å²) in [5.74, 6) is 0.490. The molecule has 20 heavy (non-hydrogen) atoms. The lowest BCUT2D eigenvalue weighted by Crippen LogP contribution is -2.23. The molecule has 1 aromatic carbocycles. The van der Waals surface area contributed by atoms with E-state index in [9.17, 15) is 10.1 Å². The molecule has 1 saturated heterocycles. The Morgan fingerprint density at radius 2 is 2.30 bits per heavy atom. The van der Waals surface area contributed by atoms with Crippen LogP contribution in [0.1, 0.15) is 6.42 Å². The van der Waals surface area contributed by atoms with Crippen molar-refractivity contribution in [2.24, 2.45) is 11.7 Å². The highest BCUT2D eigenvalue weighted by Crippen LogP contribution is 2.34. The van der Waals surface area contributed by atoms with Gasteiger partial charge in [-0.2, -0.15) is 0 Å². The lowest BCUT2D eigenvalue weighted by atomic mass is 10.1. The molecule has 0 bridgehead atoms. The number of hydrogen-bond acceptors (Lipinski definition) is 5. The third-order valence-corrected chi connectivity index (χ3v) is 3.88. The van der Waals surface area contributed by atoms with E-state index in [4.69, 9.17) is 5.73 Å². The number of hydrogen-bond donors (Lipinski definition) is 1. The third kappa shape index (κ3) is 2.08. The lowest BCUT2D eigenvalue weighted by molar-refractivity contribution is -0.383. The van der Waals surface area contributed by atoms with E-state index in [1.165, 1.54) is 0 Å². The smallest absolute Gasteiger partial charge is 0.278 e. The van der Waals surface area contributed by atoms with Crippen molar-refractivity contribution in [3.05, 3.63) is 40.6 Å². The minimum Gasteiger partial charge on any atom is -0.369 e. The van der Waals surface area contributed by atoms with Gasteiger partial charge in [-0.25, -0.2) is 0 Å². The van der Waals surface area contributed by atoms with E-state index in [0.717, 1.165) is 25.2 Å². The maximum absolute atomic E-state index is 11.1. The zero-order chi connectivity index (χ0) is 14.1. The van der Waals surface area contributed by atoms with Crippen LogP contribution in [0.25, 0.3) is 10.9 Å². The van der Waals surface area contributed by atoms with Crippen molar-refractivity contribution in [1.29, 1.82) is 0 Å². The van der Waals surface area contributed by atoms with Gasteiger partial charge < -0.3 is 10.6 Å². The Balaban J connectivity index is 2.09. The largest absolute Gasteiger partial charge is 0.369 e. The molecule has 0 amide bonds. The van der Waals surface area contributed by atoms with Crippen LogP contribution in [0.4, 0.5) is 11.4 Å². The summed E-state index contributed by atoms with van der Waals surface area (Å²) in [5, 5.41) is 11.7. The minimum absolute atomic E-state index is 0.103. The second kappa shape index (κ2) is 5.05. The van der Waals surface area contributed by atoms with Crippen molar-refractivity contribution in [2.75, 3.05) is 24.5 Å². The molecule has 2 aromatic rings. The van der Waals surface area contributed by atoms with Gasteiger partial charge in [-0.15, -0.1) is 0 Å². The fourth-order valence-corrected chi connectivity index (χ4v) is 2.80. The number of nitrogens with zero attached hydrogens (tertiary/aromatic N) is 3. The van der Waals surface area contributed by atoms with Gasteiger partial charge in [0.25, 0.3) is 5.69 Å². The first-order chi connectivity index (χ1) is 9.70. The quantitative estimate of drug-likeness (QED) is 0.681. The SMILES string of the molecule is NCC1CCN(c2ccc([N+](=O)[O-])c3cccnc23)C1. The van der Waals surface area contributed by atoms with Gasteiger partial charge in [0.2, 0.25) is 0 Å². The zero-order valence-corrected chi connectivity index (χ0v) is 11.0. The van der Waals surface area contributed by atoms with E-state index < -0.39 is 0 Å². The van der Waals surface area contributed by atoms with Crippen molar-refractivity contribution in [2.45, 2.75) is 6.42 Å². The maximum atomic E-state index is 11.1. The molecule has 1 atom stereocenters. The summed E-state index contributed by atoms with van der Waals surface area (Å²) in [7, 11) is 0. The first-order valence-corrected chi connectivity index (χ1v) is 6.68. The van der Waals surface area contributed by atoms with Crippen LogP contribution in [0.3, 0.4) is 0 Å². The molecule has 6 heteroatoms. The molecule has 104 valence electrons. The summed E-state index contributed by atoms with van der Waals surface area (Å²) in [5.41, 5.74) is 7.48. The van der Waals surface area contributed by atoms with Crippen LogP contribution < -0.4 is 10.6 Å². The van der Waals surface area contributed by atoms with Gasteiger partial charge in [-0.3, -0.25) is 15.1 Å². The summed E-state index contributed by atoms with van der Waals surface area (Å²) in [6.45, 7) is 2.49. The molecule has 0 spiro atoms. The average Bonchev–Trinajstić information content (AvgIpc) is 2.94. The van der Waals surface area contributed by atoms with E-state index >= 15 is 0 Å². The Hall–Kier alpha value is -2.21. The highest BCUT2D eigenvalue weighted by Gasteiger charge is 2.25. The molecule has 0 saturated carbocycles. The summed E-state index contributed by atoms with van der Waals surface area (Å²) >= 11 is 0. The molecule has 1 unspecified atom stereocenters. The minimum atomic E-state index is -0.361. The fourth-order valence-electron chi connectivity index (χ4n) is 2.80. The van der Waals surface area contributed by atoms with E-state index in [0.29, 0.717) is 23.4 Å². The Labute approximate surface area is 116 Å². The zero-order valence-electron chi connectivity index (χ0n) is 11.0. The van der Waals surface area contributed by atoms with Gasteiger partial charge in [-0.05, 0) is 37.1 Å². The monoisotopic (exact) mass is 272 g/mol. The molecule has 0 aliphatic carbocycles. The van der Waals surface area contributed by atoms with Gasteiger partial charge in [0, 0.05) is 25.4 Å². The molecular formula is C14H16N4O2. The van der Waals surface area contributed by atoms with Gasteiger partial charge in [-0.1, -0.05) is 0 Å². The van der Waals surface area contributed by atoms with Crippen LogP contribution in [-0.2, 0) is 0 Å². The van der Waals surface area contributed by atoms with E-state index in [1.807, 2.05) is 0 Å². The number of nitro benzene ring substituents is 1. The molecular weight excluding hydrogens is 256 g/mol. The van der Waals surface area contributed by atoms with Gasteiger partial charge >= 0.3 is 0 Å². The van der Waals surface area contributed by atoms with Crippen LogP contribution in [0.15, 0.2) is 30.5 Å². The number of fused-ring (bicyclic) bond motifs is 1. The summed E-state index contributed by atoms with van der Waals surface area (Å²) < 4.78 is 0. The molecule has 1 aromatic heterocycles. The molecule has 1 aliphatic rings. The van der Waals surface area contributed by atoms with E-state index in [-0.39, 0.29) is 10.6 Å². The predicted octanol–water partition coefficient (Wildman–Crippen LogP) is 1.93. The molecule has 6 nitrogen and oxygen atoms in total. The number of aromatic nitrogens is 1. The first-order valence-electron chi connectivity index (χ1n) is 6.68. The highest BCUT2D eigenvalue weighted by atomic mass is 16.6. The molecule has 1 fully saturated rings. The number of anilines is 1. The molecule has 1 aliphatic heterocycles. The van der Waals surface area contributed by atoms with Crippen molar-refractivity contribution in [1.82, 2.24) is 4.98 Å². The predicted molar refractivity (Wildman–Crippen MR) is 77.8 cm³/mol. The Bertz CT molecular complexity index is 659. The van der Waals surface area contributed by atoms with Crippen LogP contribution in [-0.4, -0.2) is 29.5 Å². The summed E-state index contributed by atoms with van der Waals surface area (Å²) in [4.78, 5) is 17.3. The second-order valence-electron chi connectivity index (χ2n) is 5.10. The summed E-state index contributed by atoms with van der Waals surface area (Å²) in [6, 6.07) is 6.84. The Kier molecular flexibility index (Phi) is 3.23. The molecule has 0 radical (unpaired) electrons. The topological polar surface area (TPSA) is 85.3 Å². The number of pyridine rings is 1. The van der Waals surface area contributed by atoms with Crippen LogP contribution in [0.5, 0.6) is 0 Å². The van der Waals surface area contributed by atoms with Crippen molar-refractivity contribution in [3.63, 3.8) is 0 Å². The number of benzene rings is 1. The van der Waals surface area contributed by atoms with Crippen LogP contribution in [0.2, 0.25) is 0 Å². The Morgan fingerprint density at radius 3 is 3.00 bits per heavy atom. The highest BCUT2D eigenvalue weighted by molar-refractivity contribution is 5.97. The van der Waals surface area contributed by atoms with Crippen LogP contribution >= 0.6 is 0 Å². The number of nitro groups is 1. The number of non-ortho nitro benzene ring substituents is 1.